The van der Waals surface area contributed by atoms with Crippen LogP contribution in [-0.2, 0) is 4.79 Å². The van der Waals surface area contributed by atoms with Crippen LogP contribution >= 0.6 is 22.6 Å². The molecule has 0 unspecified atom stereocenters. The number of nitrogens with zero attached hydrogens (tertiary/aromatic N) is 1. The molecule has 1 aromatic rings. The van der Waals surface area contributed by atoms with Crippen LogP contribution in [0.4, 0.5) is 0 Å². The first-order chi connectivity index (χ1) is 8.04. The predicted molar refractivity (Wildman–Crippen MR) is 76.0 cm³/mol. The van der Waals surface area contributed by atoms with Crippen molar-refractivity contribution in [3.05, 3.63) is 39.0 Å². The highest BCUT2D eigenvalue weighted by Crippen LogP contribution is 2.15. The molecule has 17 heavy (non-hydrogen) atoms. The number of carbonyl (C=O) groups excluding carboxylic acids is 1. The summed E-state index contributed by atoms with van der Waals surface area (Å²) in [7, 11) is 0. The maximum absolute atomic E-state index is 11.7. The van der Waals surface area contributed by atoms with E-state index >= 15 is 0 Å². The monoisotopic (exact) mass is 340 g/mol. The smallest absolute Gasteiger partial charge is 0.262 e. The summed E-state index contributed by atoms with van der Waals surface area (Å²) in [6.45, 7) is 3.72. The maximum atomic E-state index is 11.7. The molecule has 1 aromatic carbocycles. The quantitative estimate of drug-likeness (QED) is 0.523. The Balaban J connectivity index is 3.00. The van der Waals surface area contributed by atoms with Crippen molar-refractivity contribution in [2.45, 2.75) is 19.9 Å². The van der Waals surface area contributed by atoms with Crippen LogP contribution in [0.25, 0.3) is 6.08 Å². The van der Waals surface area contributed by atoms with Crippen molar-refractivity contribution in [3.8, 4) is 6.07 Å². The number of hydrogen-bond acceptors (Lipinski definition) is 2. The molecule has 1 N–H and O–H groups in total. The number of nitriles is 1. The van der Waals surface area contributed by atoms with E-state index in [1.807, 2.05) is 44.2 Å². The van der Waals surface area contributed by atoms with Crippen LogP contribution < -0.4 is 5.32 Å². The van der Waals surface area contributed by atoms with Crippen molar-refractivity contribution in [2.75, 3.05) is 0 Å². The molecule has 4 heteroatoms. The standard InChI is InChI=1S/C13H13IN2O/c1-9(2)16-13(17)11(8-15)7-10-5-3-4-6-12(10)14/h3-7,9H,1-2H3,(H,16,17)/b11-7-. The second kappa shape index (κ2) is 6.40. The van der Waals surface area contributed by atoms with E-state index in [0.717, 1.165) is 9.13 Å². The molecule has 88 valence electrons. The Kier molecular flexibility index (Phi) is 5.16. The lowest BCUT2D eigenvalue weighted by Gasteiger charge is -2.07. The van der Waals surface area contributed by atoms with E-state index in [4.69, 9.17) is 5.26 Å². The van der Waals surface area contributed by atoms with E-state index in [1.165, 1.54) is 0 Å². The van der Waals surface area contributed by atoms with Crippen molar-refractivity contribution in [1.82, 2.24) is 5.32 Å². The van der Waals surface area contributed by atoms with Gasteiger partial charge in [0.05, 0.1) is 0 Å². The average molecular weight is 340 g/mol. The topological polar surface area (TPSA) is 52.9 Å². The normalized spacial score (nSPS) is 11.1. The number of benzene rings is 1. The van der Waals surface area contributed by atoms with Gasteiger partial charge in [0.2, 0.25) is 0 Å². The van der Waals surface area contributed by atoms with Crippen LogP contribution in [0.15, 0.2) is 29.8 Å². The largest absolute Gasteiger partial charge is 0.349 e. The predicted octanol–water partition coefficient (Wildman–Crippen LogP) is 2.72. The van der Waals surface area contributed by atoms with Crippen molar-refractivity contribution in [3.63, 3.8) is 0 Å². The minimum Gasteiger partial charge on any atom is -0.349 e. The lowest BCUT2D eigenvalue weighted by Crippen LogP contribution is -2.30. The van der Waals surface area contributed by atoms with Crippen molar-refractivity contribution >= 4 is 34.6 Å². The zero-order valence-electron chi connectivity index (χ0n) is 9.70. The van der Waals surface area contributed by atoms with E-state index in [9.17, 15) is 4.79 Å². The van der Waals surface area contributed by atoms with Gasteiger partial charge in [-0.15, -0.1) is 0 Å². The molecule has 3 nitrogen and oxygen atoms in total. The number of nitrogens with one attached hydrogen (secondary N) is 1. The lowest BCUT2D eigenvalue weighted by molar-refractivity contribution is -0.117. The first-order valence-electron chi connectivity index (χ1n) is 5.21. The average Bonchev–Trinajstić information content (AvgIpc) is 2.27. The Morgan fingerprint density at radius 1 is 1.47 bits per heavy atom. The Labute approximate surface area is 115 Å². The molecule has 0 aliphatic rings. The van der Waals surface area contributed by atoms with Crippen LogP contribution in [0.5, 0.6) is 0 Å². The molecular formula is C13H13IN2O. The molecule has 0 atom stereocenters. The van der Waals surface area contributed by atoms with Gasteiger partial charge in [-0.3, -0.25) is 4.79 Å². The number of carbonyl (C=O) groups is 1. The third-order valence-electron chi connectivity index (χ3n) is 1.99. The molecule has 0 aromatic heterocycles. The molecular weight excluding hydrogens is 327 g/mol. The van der Waals surface area contributed by atoms with Gasteiger partial charge < -0.3 is 5.32 Å². The summed E-state index contributed by atoms with van der Waals surface area (Å²) < 4.78 is 1.01. The summed E-state index contributed by atoms with van der Waals surface area (Å²) in [5, 5.41) is 11.7. The van der Waals surface area contributed by atoms with Gasteiger partial charge >= 0.3 is 0 Å². The van der Waals surface area contributed by atoms with Gasteiger partial charge in [-0.2, -0.15) is 5.26 Å². The summed E-state index contributed by atoms with van der Waals surface area (Å²) in [6, 6.07) is 9.55. The van der Waals surface area contributed by atoms with Gasteiger partial charge in [0.25, 0.3) is 5.91 Å². The van der Waals surface area contributed by atoms with Crippen LogP contribution in [0.2, 0.25) is 0 Å². The molecule has 0 saturated carbocycles. The van der Waals surface area contributed by atoms with Gasteiger partial charge in [0.1, 0.15) is 11.6 Å². The molecule has 0 fully saturated rings. The Hall–Kier alpha value is -1.35. The van der Waals surface area contributed by atoms with Crippen molar-refractivity contribution in [1.29, 1.82) is 5.26 Å². The van der Waals surface area contributed by atoms with Crippen molar-refractivity contribution < 1.29 is 4.79 Å². The van der Waals surface area contributed by atoms with Gasteiger partial charge in [0.15, 0.2) is 0 Å². The van der Waals surface area contributed by atoms with Gasteiger partial charge in [-0.25, -0.2) is 0 Å². The summed E-state index contributed by atoms with van der Waals surface area (Å²) in [5.41, 5.74) is 1.01. The summed E-state index contributed by atoms with van der Waals surface area (Å²) in [5.74, 6) is -0.331. The summed E-state index contributed by atoms with van der Waals surface area (Å²) >= 11 is 2.17. The minimum absolute atomic E-state index is 0.0223. The van der Waals surface area contributed by atoms with Gasteiger partial charge in [-0.05, 0) is 54.1 Å². The molecule has 0 saturated heterocycles. The zero-order chi connectivity index (χ0) is 12.8. The van der Waals surface area contributed by atoms with Gasteiger partial charge in [0, 0.05) is 9.61 Å². The molecule has 0 aliphatic carbocycles. The molecule has 1 amide bonds. The minimum atomic E-state index is -0.331. The van der Waals surface area contributed by atoms with E-state index in [1.54, 1.807) is 6.08 Å². The Morgan fingerprint density at radius 3 is 2.65 bits per heavy atom. The highest BCUT2D eigenvalue weighted by atomic mass is 127. The number of halogens is 1. The van der Waals surface area contributed by atoms with E-state index in [-0.39, 0.29) is 17.5 Å². The van der Waals surface area contributed by atoms with Crippen molar-refractivity contribution in [2.24, 2.45) is 0 Å². The summed E-state index contributed by atoms with van der Waals surface area (Å²) in [6.07, 6.45) is 1.61. The fraction of sp³-hybridized carbons (Fsp3) is 0.231. The second-order valence-electron chi connectivity index (χ2n) is 3.82. The van der Waals surface area contributed by atoms with E-state index in [0.29, 0.717) is 0 Å². The first-order valence-corrected chi connectivity index (χ1v) is 6.29. The van der Waals surface area contributed by atoms with Gasteiger partial charge in [-0.1, -0.05) is 18.2 Å². The van der Waals surface area contributed by atoms with Crippen LogP contribution in [-0.4, -0.2) is 11.9 Å². The number of hydrogen-bond donors (Lipinski definition) is 1. The molecule has 0 bridgehead atoms. The number of amides is 1. The Bertz CT molecular complexity index is 486. The molecule has 0 aliphatic heterocycles. The molecule has 0 spiro atoms. The highest BCUT2D eigenvalue weighted by molar-refractivity contribution is 14.1. The third-order valence-corrected chi connectivity index (χ3v) is 2.97. The Morgan fingerprint density at radius 2 is 2.12 bits per heavy atom. The number of rotatable bonds is 3. The van der Waals surface area contributed by atoms with Crippen LogP contribution in [0.3, 0.4) is 0 Å². The zero-order valence-corrected chi connectivity index (χ0v) is 11.9. The highest BCUT2D eigenvalue weighted by Gasteiger charge is 2.10. The lowest BCUT2D eigenvalue weighted by atomic mass is 10.1. The van der Waals surface area contributed by atoms with Crippen LogP contribution in [0.1, 0.15) is 19.4 Å². The van der Waals surface area contributed by atoms with Crippen LogP contribution in [0, 0.1) is 14.9 Å². The fourth-order valence-corrected chi connectivity index (χ4v) is 1.78. The maximum Gasteiger partial charge on any atom is 0.262 e. The fourth-order valence-electron chi connectivity index (χ4n) is 1.24. The summed E-state index contributed by atoms with van der Waals surface area (Å²) in [4.78, 5) is 11.7. The molecule has 0 radical (unpaired) electrons. The van der Waals surface area contributed by atoms with E-state index < -0.39 is 0 Å². The third kappa shape index (κ3) is 4.19. The molecule has 1 rings (SSSR count). The SMILES string of the molecule is CC(C)NC(=O)/C(C#N)=C\c1ccccc1I. The first kappa shape index (κ1) is 13.7. The van der Waals surface area contributed by atoms with E-state index in [2.05, 4.69) is 27.9 Å². The second-order valence-corrected chi connectivity index (χ2v) is 4.98. The molecule has 0 heterocycles.